The van der Waals surface area contributed by atoms with Crippen molar-refractivity contribution in [2.45, 2.75) is 26.9 Å². The van der Waals surface area contributed by atoms with Crippen molar-refractivity contribution in [3.63, 3.8) is 0 Å². The molecule has 0 amide bonds. The second-order valence-electron chi connectivity index (χ2n) is 4.93. The minimum Gasteiger partial charge on any atom is -0.367 e. The van der Waals surface area contributed by atoms with Crippen LogP contribution in [0.4, 0.5) is 10.1 Å². The molecule has 0 bridgehead atoms. The Morgan fingerprint density at radius 3 is 2.50 bits per heavy atom. The zero-order chi connectivity index (χ0) is 14.5. The molecule has 3 heteroatoms. The van der Waals surface area contributed by atoms with Gasteiger partial charge in [-0.3, -0.25) is 0 Å². The van der Waals surface area contributed by atoms with E-state index in [-0.39, 0.29) is 5.82 Å². The number of anilines is 1. The fourth-order valence-corrected chi connectivity index (χ4v) is 2.34. The second-order valence-corrected chi connectivity index (χ2v) is 4.93. The highest BCUT2D eigenvalue weighted by Crippen LogP contribution is 2.22. The minimum atomic E-state index is -0.181. The Morgan fingerprint density at radius 2 is 1.90 bits per heavy atom. The van der Waals surface area contributed by atoms with Crippen LogP contribution in [0.5, 0.6) is 0 Å². The quantitative estimate of drug-likeness (QED) is 0.900. The third-order valence-electron chi connectivity index (χ3n) is 3.55. The molecule has 2 rings (SSSR count). The smallest absolute Gasteiger partial charge is 0.128 e. The first-order chi connectivity index (χ1) is 9.65. The number of benzene rings is 2. The summed E-state index contributed by atoms with van der Waals surface area (Å²) in [5, 5.41) is 0. The molecule has 2 nitrogen and oxygen atoms in total. The van der Waals surface area contributed by atoms with Crippen molar-refractivity contribution in [3.8, 4) is 0 Å². The van der Waals surface area contributed by atoms with Crippen LogP contribution in [0.2, 0.25) is 0 Å². The van der Waals surface area contributed by atoms with E-state index in [0.717, 1.165) is 17.8 Å². The van der Waals surface area contributed by atoms with Crippen LogP contribution < -0.4 is 10.6 Å². The van der Waals surface area contributed by atoms with E-state index in [9.17, 15) is 4.39 Å². The Kier molecular flexibility index (Phi) is 4.74. The molecular weight excluding hydrogens is 251 g/mol. The molecule has 106 valence electrons. The molecule has 2 aromatic rings. The van der Waals surface area contributed by atoms with Gasteiger partial charge in [-0.05, 0) is 37.1 Å². The molecule has 0 unspecified atom stereocenters. The summed E-state index contributed by atoms with van der Waals surface area (Å²) in [6.07, 6.45) is 0. The third kappa shape index (κ3) is 3.17. The summed E-state index contributed by atoms with van der Waals surface area (Å²) in [5.74, 6) is -0.181. The molecule has 0 aliphatic rings. The van der Waals surface area contributed by atoms with Gasteiger partial charge in [0.15, 0.2) is 0 Å². The number of nitrogens with zero attached hydrogens (tertiary/aromatic N) is 1. The molecule has 0 aliphatic heterocycles. The second kappa shape index (κ2) is 6.53. The SMILES string of the molecule is CCN(Cc1ccc(CN)cc1F)c1ccccc1C. The first-order valence-corrected chi connectivity index (χ1v) is 6.93. The Hall–Kier alpha value is -1.87. The van der Waals surface area contributed by atoms with Gasteiger partial charge in [-0.25, -0.2) is 4.39 Å². The molecule has 0 heterocycles. The molecule has 0 saturated carbocycles. The lowest BCUT2D eigenvalue weighted by Gasteiger charge is -2.25. The van der Waals surface area contributed by atoms with Gasteiger partial charge in [-0.2, -0.15) is 0 Å². The summed E-state index contributed by atoms with van der Waals surface area (Å²) < 4.78 is 14.1. The Labute approximate surface area is 120 Å². The number of para-hydroxylation sites is 1. The molecule has 0 spiro atoms. The van der Waals surface area contributed by atoms with Crippen molar-refractivity contribution in [3.05, 3.63) is 65.0 Å². The zero-order valence-electron chi connectivity index (χ0n) is 12.1. The number of hydrogen-bond acceptors (Lipinski definition) is 2. The van der Waals surface area contributed by atoms with E-state index in [0.29, 0.717) is 18.7 Å². The van der Waals surface area contributed by atoms with Crippen LogP contribution >= 0.6 is 0 Å². The number of halogens is 1. The van der Waals surface area contributed by atoms with Crippen LogP contribution in [0, 0.1) is 12.7 Å². The monoisotopic (exact) mass is 272 g/mol. The number of hydrogen-bond donors (Lipinski definition) is 1. The first kappa shape index (κ1) is 14.5. The maximum absolute atomic E-state index is 14.1. The average molecular weight is 272 g/mol. The fraction of sp³-hybridized carbons (Fsp3) is 0.294. The van der Waals surface area contributed by atoms with E-state index in [1.807, 2.05) is 24.3 Å². The van der Waals surface area contributed by atoms with Crippen molar-refractivity contribution in [2.24, 2.45) is 5.73 Å². The van der Waals surface area contributed by atoms with Crippen molar-refractivity contribution in [1.82, 2.24) is 0 Å². The molecule has 0 aromatic heterocycles. The van der Waals surface area contributed by atoms with E-state index in [1.165, 1.54) is 11.6 Å². The van der Waals surface area contributed by atoms with Crippen molar-refractivity contribution < 1.29 is 4.39 Å². The lowest BCUT2D eigenvalue weighted by molar-refractivity contribution is 0.603. The van der Waals surface area contributed by atoms with E-state index in [1.54, 1.807) is 0 Å². The average Bonchev–Trinajstić information content (AvgIpc) is 2.47. The maximum Gasteiger partial charge on any atom is 0.128 e. The topological polar surface area (TPSA) is 29.3 Å². The molecule has 20 heavy (non-hydrogen) atoms. The predicted molar refractivity (Wildman–Crippen MR) is 82.2 cm³/mol. The van der Waals surface area contributed by atoms with Crippen molar-refractivity contribution >= 4 is 5.69 Å². The molecule has 0 atom stereocenters. The molecule has 0 radical (unpaired) electrons. The summed E-state index contributed by atoms with van der Waals surface area (Å²) in [7, 11) is 0. The van der Waals surface area contributed by atoms with Crippen LogP contribution in [0.1, 0.15) is 23.6 Å². The lowest BCUT2D eigenvalue weighted by Crippen LogP contribution is -2.23. The van der Waals surface area contributed by atoms with Crippen molar-refractivity contribution in [1.29, 1.82) is 0 Å². The third-order valence-corrected chi connectivity index (χ3v) is 3.55. The highest BCUT2D eigenvalue weighted by atomic mass is 19.1. The van der Waals surface area contributed by atoms with E-state index in [4.69, 9.17) is 5.73 Å². The standard InChI is InChI=1S/C17H21FN2/c1-3-20(17-7-5-4-6-13(17)2)12-15-9-8-14(11-19)10-16(15)18/h4-10H,3,11-12,19H2,1-2H3. The number of rotatable bonds is 5. The van der Waals surface area contributed by atoms with Gasteiger partial charge in [-0.15, -0.1) is 0 Å². The van der Waals surface area contributed by atoms with Gasteiger partial charge in [0.05, 0.1) is 0 Å². The van der Waals surface area contributed by atoms with Gasteiger partial charge in [0, 0.05) is 30.9 Å². The maximum atomic E-state index is 14.1. The fourth-order valence-electron chi connectivity index (χ4n) is 2.34. The summed E-state index contributed by atoms with van der Waals surface area (Å²) >= 11 is 0. The van der Waals surface area contributed by atoms with Crippen LogP contribution in [-0.2, 0) is 13.1 Å². The minimum absolute atomic E-state index is 0.181. The van der Waals surface area contributed by atoms with E-state index in [2.05, 4.69) is 30.9 Å². The Balaban J connectivity index is 2.25. The molecule has 2 N–H and O–H groups in total. The first-order valence-electron chi connectivity index (χ1n) is 6.93. The lowest BCUT2D eigenvalue weighted by atomic mass is 10.1. The van der Waals surface area contributed by atoms with Crippen LogP contribution in [0.3, 0.4) is 0 Å². The predicted octanol–water partition coefficient (Wildman–Crippen LogP) is 3.62. The zero-order valence-corrected chi connectivity index (χ0v) is 12.1. The van der Waals surface area contributed by atoms with Gasteiger partial charge in [0.25, 0.3) is 0 Å². The molecule has 0 fully saturated rings. The summed E-state index contributed by atoms with van der Waals surface area (Å²) in [4.78, 5) is 2.18. The normalized spacial score (nSPS) is 10.6. The summed E-state index contributed by atoms with van der Waals surface area (Å²) in [6, 6.07) is 13.4. The Morgan fingerprint density at radius 1 is 1.15 bits per heavy atom. The van der Waals surface area contributed by atoms with Crippen LogP contribution in [-0.4, -0.2) is 6.54 Å². The van der Waals surface area contributed by atoms with Crippen molar-refractivity contribution in [2.75, 3.05) is 11.4 Å². The molecule has 0 saturated heterocycles. The van der Waals surface area contributed by atoms with E-state index < -0.39 is 0 Å². The van der Waals surface area contributed by atoms with Gasteiger partial charge < -0.3 is 10.6 Å². The Bertz CT molecular complexity index is 581. The van der Waals surface area contributed by atoms with Gasteiger partial charge in [-0.1, -0.05) is 30.3 Å². The summed E-state index contributed by atoms with van der Waals surface area (Å²) in [6.45, 7) is 5.93. The molecule has 2 aromatic carbocycles. The highest BCUT2D eigenvalue weighted by Gasteiger charge is 2.11. The summed E-state index contributed by atoms with van der Waals surface area (Å²) in [5.41, 5.74) is 9.41. The van der Waals surface area contributed by atoms with Crippen LogP contribution in [0.25, 0.3) is 0 Å². The molecular formula is C17H21FN2. The van der Waals surface area contributed by atoms with Crippen LogP contribution in [0.15, 0.2) is 42.5 Å². The largest absolute Gasteiger partial charge is 0.367 e. The highest BCUT2D eigenvalue weighted by molar-refractivity contribution is 5.53. The number of aryl methyl sites for hydroxylation is 1. The van der Waals surface area contributed by atoms with Gasteiger partial charge >= 0.3 is 0 Å². The van der Waals surface area contributed by atoms with E-state index >= 15 is 0 Å². The molecule has 0 aliphatic carbocycles. The van der Waals surface area contributed by atoms with Gasteiger partial charge in [0.1, 0.15) is 5.82 Å². The number of nitrogens with two attached hydrogens (primary N) is 1. The van der Waals surface area contributed by atoms with Gasteiger partial charge in [0.2, 0.25) is 0 Å².